The second-order valence-electron chi connectivity index (χ2n) is 2.33. The molecule has 0 fully saturated rings. The zero-order valence-electron chi connectivity index (χ0n) is 6.76. The van der Waals surface area contributed by atoms with Crippen molar-refractivity contribution in [3.8, 4) is 0 Å². The molecule has 3 nitrogen and oxygen atoms in total. The van der Waals surface area contributed by atoms with E-state index in [0.29, 0.717) is 0 Å². The third-order valence-corrected chi connectivity index (χ3v) is 1.35. The van der Waals surface area contributed by atoms with Gasteiger partial charge in [0.25, 0.3) is 0 Å². The van der Waals surface area contributed by atoms with Crippen LogP contribution in [0.5, 0.6) is 0 Å². The molecule has 0 heterocycles. The Balaban J connectivity index is 2.89. The van der Waals surface area contributed by atoms with Crippen molar-refractivity contribution < 1.29 is 9.84 Å². The molecule has 0 aromatic rings. The highest BCUT2D eigenvalue weighted by atomic mass is 16.5. The maximum Gasteiger partial charge on any atom is 0.0667 e. The van der Waals surface area contributed by atoms with Gasteiger partial charge in [-0.25, -0.2) is 0 Å². The minimum absolute atomic E-state index is 0.258. The Kier molecular flexibility index (Phi) is 6.91. The lowest BCUT2D eigenvalue weighted by atomic mass is 10.4. The van der Waals surface area contributed by atoms with Crippen LogP contribution in [-0.2, 0) is 4.74 Å². The number of hydrogen-bond donors (Lipinski definition) is 2. The Hall–Kier alpha value is -0.120. The molecule has 0 aliphatic rings. The highest BCUT2D eigenvalue weighted by Crippen LogP contribution is 1.83. The largest absolute Gasteiger partial charge is 0.396 e. The molecule has 0 bridgehead atoms. The van der Waals surface area contributed by atoms with Crippen molar-refractivity contribution in [1.29, 1.82) is 0 Å². The Morgan fingerprint density at radius 3 is 2.80 bits per heavy atom. The summed E-state index contributed by atoms with van der Waals surface area (Å²) in [4.78, 5) is 0. The highest BCUT2D eigenvalue weighted by molar-refractivity contribution is 4.53. The van der Waals surface area contributed by atoms with Gasteiger partial charge >= 0.3 is 0 Å². The molecule has 0 aliphatic heterocycles. The molecule has 0 saturated heterocycles. The van der Waals surface area contributed by atoms with Crippen LogP contribution in [-0.4, -0.2) is 38.0 Å². The average molecular weight is 147 g/mol. The van der Waals surface area contributed by atoms with Crippen molar-refractivity contribution in [1.82, 2.24) is 5.32 Å². The van der Waals surface area contributed by atoms with Crippen LogP contribution in [0.1, 0.15) is 13.3 Å². The number of methoxy groups -OCH3 is 1. The lowest BCUT2D eigenvalue weighted by Gasteiger charge is -2.09. The van der Waals surface area contributed by atoms with E-state index in [1.807, 2.05) is 6.92 Å². The molecular weight excluding hydrogens is 130 g/mol. The molecular formula is C7H17NO2. The van der Waals surface area contributed by atoms with Gasteiger partial charge in [0, 0.05) is 20.3 Å². The van der Waals surface area contributed by atoms with E-state index >= 15 is 0 Å². The van der Waals surface area contributed by atoms with Crippen molar-refractivity contribution in [2.75, 3.05) is 26.8 Å². The zero-order valence-corrected chi connectivity index (χ0v) is 6.76. The monoisotopic (exact) mass is 147 g/mol. The summed E-state index contributed by atoms with van der Waals surface area (Å²) >= 11 is 0. The zero-order chi connectivity index (χ0) is 7.82. The first-order chi connectivity index (χ1) is 4.81. The Labute approximate surface area is 62.4 Å². The quantitative estimate of drug-likeness (QED) is 0.519. The van der Waals surface area contributed by atoms with Gasteiger partial charge in [-0.05, 0) is 19.9 Å². The van der Waals surface area contributed by atoms with Gasteiger partial charge in [-0.3, -0.25) is 0 Å². The van der Waals surface area contributed by atoms with Crippen molar-refractivity contribution in [3.05, 3.63) is 0 Å². The van der Waals surface area contributed by atoms with Gasteiger partial charge in [0.2, 0.25) is 0 Å². The number of nitrogens with one attached hydrogen (secondary N) is 1. The third kappa shape index (κ3) is 6.01. The van der Waals surface area contributed by atoms with E-state index in [4.69, 9.17) is 9.84 Å². The van der Waals surface area contributed by atoms with Crippen molar-refractivity contribution >= 4 is 0 Å². The summed E-state index contributed by atoms with van der Waals surface area (Å²) in [5, 5.41) is 11.6. The van der Waals surface area contributed by atoms with E-state index in [2.05, 4.69) is 5.32 Å². The van der Waals surface area contributed by atoms with E-state index in [1.54, 1.807) is 7.11 Å². The molecule has 0 radical (unpaired) electrons. The van der Waals surface area contributed by atoms with Gasteiger partial charge in [0.1, 0.15) is 0 Å². The van der Waals surface area contributed by atoms with Crippen molar-refractivity contribution in [2.45, 2.75) is 19.4 Å². The van der Waals surface area contributed by atoms with Crippen LogP contribution in [0, 0.1) is 0 Å². The Bertz CT molecular complexity index is 68.6. The molecule has 0 aromatic heterocycles. The van der Waals surface area contributed by atoms with E-state index < -0.39 is 0 Å². The number of hydrogen-bond acceptors (Lipinski definition) is 3. The topological polar surface area (TPSA) is 41.5 Å². The summed E-state index contributed by atoms with van der Waals surface area (Å²) in [6.07, 6.45) is 1.08. The van der Waals surface area contributed by atoms with Crippen molar-refractivity contribution in [2.24, 2.45) is 0 Å². The molecule has 10 heavy (non-hydrogen) atoms. The van der Waals surface area contributed by atoms with Gasteiger partial charge < -0.3 is 15.2 Å². The summed E-state index contributed by atoms with van der Waals surface area (Å²) in [6.45, 7) is 3.99. The molecule has 62 valence electrons. The summed E-state index contributed by atoms with van der Waals surface area (Å²) in [5.41, 5.74) is 0. The van der Waals surface area contributed by atoms with Gasteiger partial charge in [0.15, 0.2) is 0 Å². The van der Waals surface area contributed by atoms with Crippen LogP contribution >= 0.6 is 0 Å². The number of ether oxygens (including phenoxy) is 1. The smallest absolute Gasteiger partial charge is 0.0667 e. The summed E-state index contributed by atoms with van der Waals surface area (Å²) in [6, 6.07) is 0. The molecule has 0 saturated carbocycles. The molecule has 0 rings (SSSR count). The molecule has 2 N–H and O–H groups in total. The SMILES string of the molecule is COC(C)CNCCCO. The van der Waals surface area contributed by atoms with Crippen LogP contribution in [0.4, 0.5) is 0 Å². The van der Waals surface area contributed by atoms with Crippen LogP contribution in [0.3, 0.4) is 0 Å². The normalized spacial score (nSPS) is 13.5. The third-order valence-electron chi connectivity index (χ3n) is 1.35. The molecule has 1 unspecified atom stereocenters. The maximum absolute atomic E-state index is 8.42. The van der Waals surface area contributed by atoms with Crippen LogP contribution in [0.2, 0.25) is 0 Å². The van der Waals surface area contributed by atoms with Gasteiger partial charge in [-0.1, -0.05) is 0 Å². The standard InChI is InChI=1S/C7H17NO2/c1-7(10-2)6-8-4-3-5-9/h7-9H,3-6H2,1-2H3. The molecule has 0 amide bonds. The summed E-state index contributed by atoms with van der Waals surface area (Å²) in [5.74, 6) is 0. The summed E-state index contributed by atoms with van der Waals surface area (Å²) < 4.78 is 5.01. The van der Waals surface area contributed by atoms with E-state index in [1.165, 1.54) is 0 Å². The molecule has 0 aliphatic carbocycles. The minimum atomic E-state index is 0.258. The van der Waals surface area contributed by atoms with E-state index in [9.17, 15) is 0 Å². The van der Waals surface area contributed by atoms with Crippen LogP contribution < -0.4 is 5.32 Å². The Morgan fingerprint density at radius 2 is 2.30 bits per heavy atom. The number of aliphatic hydroxyl groups is 1. The highest BCUT2D eigenvalue weighted by Gasteiger charge is 1.95. The number of aliphatic hydroxyl groups excluding tert-OH is 1. The first-order valence-corrected chi connectivity index (χ1v) is 3.65. The fourth-order valence-electron chi connectivity index (χ4n) is 0.593. The van der Waals surface area contributed by atoms with Gasteiger partial charge in [0.05, 0.1) is 6.10 Å². The fraction of sp³-hybridized carbons (Fsp3) is 1.00. The number of rotatable bonds is 6. The second-order valence-corrected chi connectivity index (χ2v) is 2.33. The van der Waals surface area contributed by atoms with Crippen LogP contribution in [0.25, 0.3) is 0 Å². The van der Waals surface area contributed by atoms with Gasteiger partial charge in [-0.2, -0.15) is 0 Å². The Morgan fingerprint density at radius 1 is 1.60 bits per heavy atom. The molecule has 0 aromatic carbocycles. The fourth-order valence-corrected chi connectivity index (χ4v) is 0.593. The van der Waals surface area contributed by atoms with Crippen molar-refractivity contribution in [3.63, 3.8) is 0 Å². The molecule has 1 atom stereocenters. The lowest BCUT2D eigenvalue weighted by Crippen LogP contribution is -2.27. The first-order valence-electron chi connectivity index (χ1n) is 3.65. The van der Waals surface area contributed by atoms with E-state index in [0.717, 1.165) is 19.5 Å². The predicted octanol–water partition coefficient (Wildman–Crippen LogP) is -0.00670. The van der Waals surface area contributed by atoms with E-state index in [-0.39, 0.29) is 12.7 Å². The maximum atomic E-state index is 8.42. The second kappa shape index (κ2) is 6.99. The lowest BCUT2D eigenvalue weighted by molar-refractivity contribution is 0.117. The molecule has 0 spiro atoms. The molecule has 3 heteroatoms. The minimum Gasteiger partial charge on any atom is -0.396 e. The predicted molar refractivity (Wildman–Crippen MR) is 41.0 cm³/mol. The van der Waals surface area contributed by atoms with Gasteiger partial charge in [-0.15, -0.1) is 0 Å². The average Bonchev–Trinajstić information content (AvgIpc) is 1.98. The first kappa shape index (κ1) is 9.88. The summed E-state index contributed by atoms with van der Waals surface area (Å²) in [7, 11) is 1.69. The van der Waals surface area contributed by atoms with Crippen LogP contribution in [0.15, 0.2) is 0 Å².